The number of rotatable bonds is 15. The highest BCUT2D eigenvalue weighted by Crippen LogP contribution is 2.37. The van der Waals surface area contributed by atoms with Crippen molar-refractivity contribution >= 4 is 6.47 Å². The fourth-order valence-electron chi connectivity index (χ4n) is 3.88. The van der Waals surface area contributed by atoms with Crippen LogP contribution in [0.3, 0.4) is 0 Å². The van der Waals surface area contributed by atoms with E-state index in [4.69, 9.17) is 47.7 Å². The van der Waals surface area contributed by atoms with Crippen molar-refractivity contribution in [3.05, 3.63) is 0 Å². The van der Waals surface area contributed by atoms with Crippen LogP contribution >= 0.6 is 0 Å². The lowest BCUT2D eigenvalue weighted by Crippen LogP contribution is -2.65. The summed E-state index contributed by atoms with van der Waals surface area (Å²) in [6.07, 6.45) is -6.84. The molecule has 10 atom stereocenters. The Morgan fingerprint density at radius 2 is 1.89 bits per heavy atom. The molecule has 3 fully saturated rings. The first-order valence-corrected chi connectivity index (χ1v) is 11.7. The highest BCUT2D eigenvalue weighted by molar-refractivity contribution is 5.38. The summed E-state index contributed by atoms with van der Waals surface area (Å²) in [5.74, 6) is -0.0989. The highest BCUT2D eigenvalue weighted by Gasteiger charge is 2.53. The third kappa shape index (κ3) is 7.52. The number of carbonyl (C=O) groups is 1. The van der Waals surface area contributed by atoms with Crippen molar-refractivity contribution in [1.82, 2.24) is 0 Å². The Bertz CT molecular complexity index is 635. The Kier molecular flexibility index (Phi) is 10.6. The van der Waals surface area contributed by atoms with E-state index in [1.165, 1.54) is 14.2 Å². The predicted octanol–water partition coefficient (Wildman–Crippen LogP) is -0.496. The zero-order chi connectivity index (χ0) is 25.6. The maximum atomic E-state index is 11.0. The number of ether oxygens (including phenoxy) is 8. The van der Waals surface area contributed by atoms with Gasteiger partial charge in [-0.2, -0.15) is 0 Å². The molecule has 13 heteroatoms. The molecule has 3 rings (SSSR count). The van der Waals surface area contributed by atoms with Crippen molar-refractivity contribution in [3.8, 4) is 0 Å². The molecule has 0 aromatic rings. The summed E-state index contributed by atoms with van der Waals surface area (Å²) in [5.41, 5.74) is -0.665. The lowest BCUT2D eigenvalue weighted by atomic mass is 9.85. The van der Waals surface area contributed by atoms with Gasteiger partial charge in [0, 0.05) is 33.2 Å². The minimum Gasteiger partial charge on any atom is -0.456 e. The molecule has 2 N–H and O–H groups in total. The van der Waals surface area contributed by atoms with Gasteiger partial charge >= 0.3 is 0 Å². The van der Waals surface area contributed by atoms with Gasteiger partial charge < -0.3 is 48.1 Å². The van der Waals surface area contributed by atoms with Gasteiger partial charge in [0.2, 0.25) is 0 Å². The zero-order valence-corrected chi connectivity index (χ0v) is 20.8. The van der Waals surface area contributed by atoms with Crippen LogP contribution in [0.5, 0.6) is 0 Å². The highest BCUT2D eigenvalue weighted by atomic mass is 17.2. The molecule has 3 saturated heterocycles. The van der Waals surface area contributed by atoms with Crippen LogP contribution in [-0.2, 0) is 52.5 Å². The number of hydrogen-bond donors (Lipinski definition) is 2. The largest absolute Gasteiger partial charge is 0.456 e. The predicted molar refractivity (Wildman–Crippen MR) is 115 cm³/mol. The summed E-state index contributed by atoms with van der Waals surface area (Å²) in [5, 5.41) is 21.1. The Hall–Kier alpha value is -0.970. The monoisotopic (exact) mass is 510 g/mol. The molecule has 3 aliphatic rings. The van der Waals surface area contributed by atoms with Gasteiger partial charge in [-0.1, -0.05) is 0 Å². The number of methoxy groups -OCH3 is 2. The van der Waals surface area contributed by atoms with Crippen LogP contribution in [0.25, 0.3) is 0 Å². The smallest absolute Gasteiger partial charge is 0.293 e. The molecule has 204 valence electrons. The van der Waals surface area contributed by atoms with E-state index >= 15 is 0 Å². The van der Waals surface area contributed by atoms with Crippen molar-refractivity contribution in [2.24, 2.45) is 5.92 Å². The average molecular weight is 511 g/mol. The molecule has 0 saturated carbocycles. The van der Waals surface area contributed by atoms with Gasteiger partial charge in [0.1, 0.15) is 24.4 Å². The molecule has 0 bridgehead atoms. The van der Waals surface area contributed by atoms with Crippen LogP contribution in [0.15, 0.2) is 0 Å². The zero-order valence-electron chi connectivity index (χ0n) is 20.8. The Morgan fingerprint density at radius 1 is 1.14 bits per heavy atom. The normalized spacial score (nSPS) is 34.0. The number of fused-ring (bicyclic) bond motifs is 1. The second kappa shape index (κ2) is 13.0. The third-order valence-electron chi connectivity index (χ3n) is 5.95. The molecule has 0 amide bonds. The summed E-state index contributed by atoms with van der Waals surface area (Å²) < 4.78 is 43.7. The summed E-state index contributed by atoms with van der Waals surface area (Å²) in [6.45, 7) is 6.45. The Labute approximate surface area is 204 Å². The van der Waals surface area contributed by atoms with Crippen molar-refractivity contribution in [2.45, 2.75) is 88.3 Å². The van der Waals surface area contributed by atoms with Crippen LogP contribution in [0.1, 0.15) is 27.2 Å². The van der Waals surface area contributed by atoms with E-state index in [1.54, 1.807) is 20.8 Å². The van der Waals surface area contributed by atoms with Crippen LogP contribution in [0.4, 0.5) is 0 Å². The van der Waals surface area contributed by atoms with E-state index in [1.807, 2.05) is 0 Å². The maximum Gasteiger partial charge on any atom is 0.293 e. The Morgan fingerprint density at radius 3 is 2.40 bits per heavy atom. The van der Waals surface area contributed by atoms with Crippen molar-refractivity contribution < 1.29 is 62.7 Å². The average Bonchev–Trinajstić information content (AvgIpc) is 2.73. The number of aliphatic hydroxyl groups excluding tert-OH is 2. The molecule has 0 aromatic carbocycles. The molecule has 5 unspecified atom stereocenters. The fourth-order valence-corrected chi connectivity index (χ4v) is 3.88. The van der Waals surface area contributed by atoms with Gasteiger partial charge in [-0.3, -0.25) is 4.79 Å². The molecule has 13 nitrogen and oxygen atoms in total. The second-order valence-electron chi connectivity index (χ2n) is 9.62. The first kappa shape index (κ1) is 28.6. The molecule has 0 aromatic heterocycles. The van der Waals surface area contributed by atoms with Crippen LogP contribution < -0.4 is 0 Å². The first-order valence-electron chi connectivity index (χ1n) is 11.7. The fraction of sp³-hybridized carbons (Fsp3) is 0.955. The van der Waals surface area contributed by atoms with Crippen LogP contribution in [0, 0.1) is 5.92 Å². The van der Waals surface area contributed by atoms with E-state index < -0.39 is 61.1 Å². The minimum atomic E-state index is -1.35. The van der Waals surface area contributed by atoms with Crippen LogP contribution in [-0.4, -0.2) is 118 Å². The van der Waals surface area contributed by atoms with E-state index in [-0.39, 0.29) is 19.1 Å². The quantitative estimate of drug-likeness (QED) is 0.126. The lowest BCUT2D eigenvalue weighted by molar-refractivity contribution is -0.402. The van der Waals surface area contributed by atoms with E-state index in [9.17, 15) is 15.0 Å². The molecule has 0 aliphatic carbocycles. The Balaban J connectivity index is 1.58. The summed E-state index contributed by atoms with van der Waals surface area (Å²) in [4.78, 5) is 21.7. The summed E-state index contributed by atoms with van der Waals surface area (Å²) in [6, 6.07) is 0. The van der Waals surface area contributed by atoms with Crippen LogP contribution in [0.2, 0.25) is 0 Å². The SMILES string of the molecule is CO[C@H]1OC(CO[C@@H](OC)C(O)[C@@H](CO[C@@H](O)C2CCO2)OOC(C)(C)C)[C@H]2COC2C1OC=O. The van der Waals surface area contributed by atoms with Crippen molar-refractivity contribution in [3.63, 3.8) is 0 Å². The van der Waals surface area contributed by atoms with Crippen molar-refractivity contribution in [2.75, 3.05) is 40.6 Å². The molecule has 0 spiro atoms. The standard InChI is InChI=1S/C22H38O13/c1-22(2,3)35-34-15(10-30-19(25)13-6-7-28-13)16(24)20(26-4)31-9-14-12-8-29-17(12)18(32-11-23)21(27-5)33-14/h11-21,24-25H,6-10H2,1-5H3/t12-,13?,14?,15-,16?,17?,18?,19-,20-,21+/m1/s1. The molecular weight excluding hydrogens is 472 g/mol. The van der Waals surface area contributed by atoms with E-state index in [2.05, 4.69) is 0 Å². The van der Waals surface area contributed by atoms with Gasteiger partial charge in [-0.15, -0.1) is 0 Å². The number of carbonyl (C=O) groups excluding carboxylic acids is 1. The van der Waals surface area contributed by atoms with Gasteiger partial charge in [-0.25, -0.2) is 9.78 Å². The topological polar surface area (TPSA) is 150 Å². The van der Waals surface area contributed by atoms with Gasteiger partial charge in [0.25, 0.3) is 6.47 Å². The molecule has 0 radical (unpaired) electrons. The number of hydrogen-bond acceptors (Lipinski definition) is 13. The molecule has 3 aliphatic heterocycles. The summed E-state index contributed by atoms with van der Waals surface area (Å²) >= 11 is 0. The lowest BCUT2D eigenvalue weighted by Gasteiger charge is -2.50. The summed E-state index contributed by atoms with van der Waals surface area (Å²) in [7, 11) is 2.81. The van der Waals surface area contributed by atoms with Gasteiger partial charge in [0.05, 0.1) is 31.5 Å². The molecule has 35 heavy (non-hydrogen) atoms. The van der Waals surface area contributed by atoms with E-state index in [0.717, 1.165) is 0 Å². The first-order chi connectivity index (χ1) is 16.7. The van der Waals surface area contributed by atoms with Gasteiger partial charge in [-0.05, 0) is 20.8 Å². The second-order valence-corrected chi connectivity index (χ2v) is 9.62. The third-order valence-corrected chi connectivity index (χ3v) is 5.95. The molecule has 3 heterocycles. The van der Waals surface area contributed by atoms with Gasteiger partial charge in [0.15, 0.2) is 25.0 Å². The maximum absolute atomic E-state index is 11.0. The minimum absolute atomic E-state index is 0.0278. The molecular formula is C22H38O13. The van der Waals surface area contributed by atoms with E-state index in [0.29, 0.717) is 26.1 Å². The number of aliphatic hydroxyl groups is 2. The van der Waals surface area contributed by atoms with Crippen molar-refractivity contribution in [1.29, 1.82) is 0 Å².